The molecule has 1 amide bonds. The summed E-state index contributed by atoms with van der Waals surface area (Å²) in [6, 6.07) is 15.9. The molecule has 1 atom stereocenters. The van der Waals surface area contributed by atoms with E-state index in [4.69, 9.17) is 0 Å². The molecule has 138 valence electrons. The van der Waals surface area contributed by atoms with E-state index in [2.05, 4.69) is 41.2 Å². The summed E-state index contributed by atoms with van der Waals surface area (Å²) in [6.07, 6.45) is 2.53. The largest absolute Gasteiger partial charge is 0.505 e. The fourth-order valence-electron chi connectivity index (χ4n) is 3.83. The fraction of sp³-hybridized carbons (Fsp3) is 0.273. The number of nitrogens with zero attached hydrogens (tertiary/aromatic N) is 3. The van der Waals surface area contributed by atoms with Crippen LogP contribution < -0.4 is 0 Å². The lowest BCUT2D eigenvalue weighted by molar-refractivity contribution is 0.0731. The number of carbonyl (C=O) groups is 1. The van der Waals surface area contributed by atoms with Crippen LogP contribution in [0.2, 0.25) is 0 Å². The first-order chi connectivity index (χ1) is 13.0. The van der Waals surface area contributed by atoms with Gasteiger partial charge in [0, 0.05) is 37.8 Å². The molecule has 1 aromatic heterocycles. The number of hydrogen-bond acceptors (Lipinski definition) is 4. The molecule has 0 aliphatic carbocycles. The highest BCUT2D eigenvalue weighted by atomic mass is 16.3. The lowest BCUT2D eigenvalue weighted by atomic mass is 9.94. The number of aromatic hydroxyl groups is 1. The smallest absolute Gasteiger partial charge is 0.257 e. The summed E-state index contributed by atoms with van der Waals surface area (Å²) < 4.78 is 0. The molecule has 1 aliphatic rings. The molecular weight excluding hydrogens is 338 g/mol. The molecule has 0 bridgehead atoms. The summed E-state index contributed by atoms with van der Waals surface area (Å²) >= 11 is 0. The van der Waals surface area contributed by atoms with Gasteiger partial charge in [-0.2, -0.15) is 0 Å². The molecule has 0 saturated carbocycles. The van der Waals surface area contributed by atoms with Crippen molar-refractivity contribution in [1.29, 1.82) is 0 Å². The molecule has 5 heteroatoms. The molecule has 0 fully saturated rings. The maximum Gasteiger partial charge on any atom is 0.257 e. The number of hydrogen-bond donors (Lipinski definition) is 1. The maximum atomic E-state index is 13.0. The number of carbonyl (C=O) groups excluding carboxylic acids is 1. The van der Waals surface area contributed by atoms with E-state index in [1.54, 1.807) is 24.2 Å². The van der Waals surface area contributed by atoms with Crippen LogP contribution in [0.5, 0.6) is 5.75 Å². The topological polar surface area (TPSA) is 56.7 Å². The number of pyridine rings is 1. The van der Waals surface area contributed by atoms with Crippen LogP contribution in [0.3, 0.4) is 0 Å². The first-order valence-electron chi connectivity index (χ1n) is 9.14. The monoisotopic (exact) mass is 361 g/mol. The molecule has 0 spiro atoms. The average molecular weight is 361 g/mol. The van der Waals surface area contributed by atoms with E-state index in [1.165, 1.54) is 11.1 Å². The van der Waals surface area contributed by atoms with Crippen molar-refractivity contribution in [2.75, 3.05) is 20.6 Å². The number of rotatable bonds is 3. The fourth-order valence-corrected chi connectivity index (χ4v) is 3.83. The maximum absolute atomic E-state index is 13.0. The van der Waals surface area contributed by atoms with Crippen LogP contribution in [0, 0.1) is 0 Å². The second-order valence-corrected chi connectivity index (χ2v) is 7.26. The molecule has 4 rings (SSSR count). The summed E-state index contributed by atoms with van der Waals surface area (Å²) in [5, 5.41) is 11.4. The van der Waals surface area contributed by atoms with Crippen molar-refractivity contribution in [3.05, 3.63) is 71.4 Å². The third-order valence-electron chi connectivity index (χ3n) is 5.43. The number of amides is 1. The van der Waals surface area contributed by atoms with Gasteiger partial charge in [0.2, 0.25) is 0 Å². The minimum Gasteiger partial charge on any atom is -0.505 e. The van der Waals surface area contributed by atoms with Gasteiger partial charge in [-0.15, -0.1) is 0 Å². The first kappa shape index (κ1) is 17.5. The number of fused-ring (bicyclic) bond motifs is 2. The van der Waals surface area contributed by atoms with Crippen LogP contribution in [-0.4, -0.2) is 52.5 Å². The molecule has 27 heavy (non-hydrogen) atoms. The van der Waals surface area contributed by atoms with Crippen molar-refractivity contribution in [1.82, 2.24) is 14.8 Å². The second kappa shape index (κ2) is 7.00. The summed E-state index contributed by atoms with van der Waals surface area (Å²) in [5.41, 5.74) is 3.45. The Labute approximate surface area is 158 Å². The lowest BCUT2D eigenvalue weighted by Crippen LogP contribution is -2.46. The summed E-state index contributed by atoms with van der Waals surface area (Å²) in [7, 11) is 3.88. The van der Waals surface area contributed by atoms with E-state index >= 15 is 0 Å². The Balaban J connectivity index is 1.54. The van der Waals surface area contributed by atoms with E-state index < -0.39 is 0 Å². The lowest BCUT2D eigenvalue weighted by Gasteiger charge is -2.36. The van der Waals surface area contributed by atoms with Gasteiger partial charge in [-0.05, 0) is 36.7 Å². The molecule has 1 aliphatic heterocycles. The molecule has 2 heterocycles. The van der Waals surface area contributed by atoms with E-state index in [9.17, 15) is 9.90 Å². The van der Waals surface area contributed by atoms with E-state index in [-0.39, 0.29) is 17.7 Å². The van der Waals surface area contributed by atoms with Crippen molar-refractivity contribution in [3.8, 4) is 5.75 Å². The predicted octanol–water partition coefficient (Wildman–Crippen LogP) is 3.07. The zero-order valence-corrected chi connectivity index (χ0v) is 15.6. The Morgan fingerprint density at radius 1 is 1.19 bits per heavy atom. The second-order valence-electron chi connectivity index (χ2n) is 7.26. The number of phenolic OH excluding ortho intramolecular Hbond substituents is 1. The molecule has 5 nitrogen and oxygen atoms in total. The van der Waals surface area contributed by atoms with Gasteiger partial charge in [0.1, 0.15) is 5.52 Å². The van der Waals surface area contributed by atoms with Gasteiger partial charge in [0.15, 0.2) is 5.75 Å². The summed E-state index contributed by atoms with van der Waals surface area (Å²) in [5.74, 6) is -0.236. The highest BCUT2D eigenvalue weighted by molar-refractivity contribution is 6.02. The van der Waals surface area contributed by atoms with Crippen LogP contribution in [0.25, 0.3) is 10.9 Å². The number of benzene rings is 2. The van der Waals surface area contributed by atoms with Crippen LogP contribution >= 0.6 is 0 Å². The minimum absolute atomic E-state index is 0.0488. The summed E-state index contributed by atoms with van der Waals surface area (Å²) in [6.45, 7) is 1.48. The quantitative estimate of drug-likeness (QED) is 0.779. The molecule has 2 aromatic carbocycles. The standard InChI is InChI=1S/C22H23N3O2/c1-24-13-17-7-4-3-6-16(17)12-18(24)14-25(2)22(27)19-10-9-15-8-5-11-23-20(15)21(19)26/h3-11,18,26H,12-14H2,1-2H3. The van der Waals surface area contributed by atoms with Crippen molar-refractivity contribution >= 4 is 16.8 Å². The van der Waals surface area contributed by atoms with Crippen LogP contribution in [0.15, 0.2) is 54.7 Å². The van der Waals surface area contributed by atoms with Crippen LogP contribution in [-0.2, 0) is 13.0 Å². The van der Waals surface area contributed by atoms with Gasteiger partial charge in [0.25, 0.3) is 5.91 Å². The Kier molecular flexibility index (Phi) is 4.54. The Morgan fingerprint density at radius 2 is 1.96 bits per heavy atom. The summed E-state index contributed by atoms with van der Waals surface area (Å²) in [4.78, 5) is 21.1. The van der Waals surface area contributed by atoms with Gasteiger partial charge >= 0.3 is 0 Å². The van der Waals surface area contributed by atoms with Crippen LogP contribution in [0.1, 0.15) is 21.5 Å². The van der Waals surface area contributed by atoms with Gasteiger partial charge < -0.3 is 10.0 Å². The average Bonchev–Trinajstić information content (AvgIpc) is 2.68. The van der Waals surface area contributed by atoms with E-state index in [0.29, 0.717) is 17.6 Å². The van der Waals surface area contributed by atoms with Crippen molar-refractivity contribution in [3.63, 3.8) is 0 Å². The van der Waals surface area contributed by atoms with Crippen molar-refractivity contribution in [2.45, 2.75) is 19.0 Å². The third-order valence-corrected chi connectivity index (χ3v) is 5.43. The first-order valence-corrected chi connectivity index (χ1v) is 9.14. The molecule has 1 N–H and O–H groups in total. The van der Waals surface area contributed by atoms with Gasteiger partial charge in [-0.3, -0.25) is 14.7 Å². The Morgan fingerprint density at radius 3 is 2.78 bits per heavy atom. The Hall–Kier alpha value is -2.92. The number of phenols is 1. The Bertz CT molecular complexity index is 1000. The van der Waals surface area contributed by atoms with Crippen LogP contribution in [0.4, 0.5) is 0 Å². The van der Waals surface area contributed by atoms with Gasteiger partial charge in [-0.1, -0.05) is 36.4 Å². The SMILES string of the molecule is CN(CC1Cc2ccccc2CN1C)C(=O)c1ccc2cccnc2c1O. The number of likely N-dealkylation sites (N-methyl/N-ethyl adjacent to an activating group) is 2. The zero-order chi connectivity index (χ0) is 19.0. The highest BCUT2D eigenvalue weighted by Gasteiger charge is 2.27. The number of aromatic nitrogens is 1. The highest BCUT2D eigenvalue weighted by Crippen LogP contribution is 2.28. The molecule has 0 radical (unpaired) electrons. The van der Waals surface area contributed by atoms with Crippen molar-refractivity contribution < 1.29 is 9.90 Å². The molecule has 0 saturated heterocycles. The van der Waals surface area contributed by atoms with E-state index in [0.717, 1.165) is 18.4 Å². The third kappa shape index (κ3) is 3.26. The zero-order valence-electron chi connectivity index (χ0n) is 15.6. The van der Waals surface area contributed by atoms with Crippen molar-refractivity contribution in [2.24, 2.45) is 0 Å². The van der Waals surface area contributed by atoms with E-state index in [1.807, 2.05) is 18.2 Å². The van der Waals surface area contributed by atoms with Gasteiger partial charge in [-0.25, -0.2) is 0 Å². The predicted molar refractivity (Wildman–Crippen MR) is 106 cm³/mol. The minimum atomic E-state index is -0.188. The molecular formula is C22H23N3O2. The normalized spacial score (nSPS) is 16.9. The molecule has 3 aromatic rings. The molecule has 1 unspecified atom stereocenters. The van der Waals surface area contributed by atoms with Gasteiger partial charge in [0.05, 0.1) is 5.56 Å².